The summed E-state index contributed by atoms with van der Waals surface area (Å²) in [5, 5.41) is 2.44. The number of piperazine rings is 1. The minimum atomic E-state index is -4.41. The van der Waals surface area contributed by atoms with Crippen molar-refractivity contribution in [3.8, 4) is 0 Å². The number of halogens is 3. The Hall–Kier alpha value is -2.50. The van der Waals surface area contributed by atoms with Crippen LogP contribution in [-0.4, -0.2) is 76.8 Å². The van der Waals surface area contributed by atoms with E-state index in [9.17, 15) is 22.8 Å². The zero-order valence-electron chi connectivity index (χ0n) is 17.8. The molecule has 0 radical (unpaired) electrons. The molecule has 0 saturated carbocycles. The Labute approximate surface area is 196 Å². The summed E-state index contributed by atoms with van der Waals surface area (Å²) in [4.78, 5) is 35.9. The molecule has 174 valence electrons. The van der Waals surface area contributed by atoms with E-state index in [-0.39, 0.29) is 17.9 Å². The van der Waals surface area contributed by atoms with Gasteiger partial charge in [-0.3, -0.25) is 14.5 Å². The SMILES string of the molecule is Cc1c(C(=O)N2CC(N3CCN(C(=O)c4cscn4)CC3)C2)sc2cc(C(F)(F)F)ccc12. The number of thiophene rings is 1. The van der Waals surface area contributed by atoms with Crippen molar-refractivity contribution in [1.82, 2.24) is 19.7 Å². The fourth-order valence-corrected chi connectivity index (χ4v) is 6.11. The van der Waals surface area contributed by atoms with E-state index in [1.165, 1.54) is 17.4 Å². The highest BCUT2D eigenvalue weighted by Crippen LogP contribution is 2.37. The summed E-state index contributed by atoms with van der Waals surface area (Å²) in [5.74, 6) is -0.175. The zero-order chi connectivity index (χ0) is 23.3. The van der Waals surface area contributed by atoms with Gasteiger partial charge in [0.1, 0.15) is 5.69 Å². The van der Waals surface area contributed by atoms with Crippen molar-refractivity contribution in [2.24, 2.45) is 0 Å². The van der Waals surface area contributed by atoms with E-state index < -0.39 is 11.7 Å². The average Bonchev–Trinajstić information content (AvgIpc) is 3.40. The fourth-order valence-electron chi connectivity index (χ4n) is 4.37. The highest BCUT2D eigenvalue weighted by Gasteiger charge is 2.38. The largest absolute Gasteiger partial charge is 0.416 e. The first-order valence-corrected chi connectivity index (χ1v) is 12.3. The summed E-state index contributed by atoms with van der Waals surface area (Å²) in [6, 6.07) is 3.87. The molecule has 0 bridgehead atoms. The van der Waals surface area contributed by atoms with Crippen molar-refractivity contribution in [3.63, 3.8) is 0 Å². The molecule has 0 unspecified atom stereocenters. The number of likely N-dealkylation sites (tertiary alicyclic amines) is 1. The first-order valence-electron chi connectivity index (χ1n) is 10.5. The van der Waals surface area contributed by atoms with Gasteiger partial charge in [-0.1, -0.05) is 6.07 Å². The van der Waals surface area contributed by atoms with Crippen LogP contribution in [0.15, 0.2) is 29.1 Å². The number of hydrogen-bond donors (Lipinski definition) is 0. The molecule has 2 aliphatic heterocycles. The second-order valence-corrected chi connectivity index (χ2v) is 10.1. The van der Waals surface area contributed by atoms with E-state index in [0.717, 1.165) is 42.1 Å². The average molecular weight is 495 g/mol. The summed E-state index contributed by atoms with van der Waals surface area (Å²) >= 11 is 2.52. The standard InChI is InChI=1S/C22H21F3N4O2S2/c1-13-16-3-2-14(22(23,24)25)8-18(16)33-19(13)21(31)29-9-15(10-29)27-4-6-28(7-5-27)20(30)17-11-32-12-26-17/h2-3,8,11-12,15H,4-7,9-10H2,1H3. The number of fused-ring (bicyclic) bond motifs is 1. The molecule has 0 N–H and O–H groups in total. The second-order valence-electron chi connectivity index (χ2n) is 8.33. The van der Waals surface area contributed by atoms with Gasteiger partial charge in [0.2, 0.25) is 0 Å². The zero-order valence-corrected chi connectivity index (χ0v) is 19.4. The fraction of sp³-hybridized carbons (Fsp3) is 0.409. The lowest BCUT2D eigenvalue weighted by atomic mass is 10.0. The highest BCUT2D eigenvalue weighted by molar-refractivity contribution is 7.21. The smallest absolute Gasteiger partial charge is 0.335 e. The lowest BCUT2D eigenvalue weighted by molar-refractivity contribution is -0.137. The number of carbonyl (C=O) groups excluding carboxylic acids is 2. The molecular weight excluding hydrogens is 473 g/mol. The predicted molar refractivity (Wildman–Crippen MR) is 121 cm³/mol. The Kier molecular flexibility index (Phi) is 5.66. The maximum atomic E-state index is 13.0. The van der Waals surface area contributed by atoms with Crippen LogP contribution in [0, 0.1) is 6.92 Å². The topological polar surface area (TPSA) is 56.8 Å². The third kappa shape index (κ3) is 4.13. The van der Waals surface area contributed by atoms with Gasteiger partial charge in [-0.25, -0.2) is 4.98 Å². The lowest BCUT2D eigenvalue weighted by Crippen LogP contribution is -2.64. The highest BCUT2D eigenvalue weighted by atomic mass is 32.1. The molecule has 11 heteroatoms. The van der Waals surface area contributed by atoms with Gasteiger partial charge in [0.05, 0.1) is 16.0 Å². The van der Waals surface area contributed by atoms with E-state index in [1.807, 2.05) is 4.90 Å². The van der Waals surface area contributed by atoms with Gasteiger partial charge in [-0.05, 0) is 30.0 Å². The minimum Gasteiger partial charge on any atom is -0.335 e. The number of rotatable bonds is 3. The number of carbonyl (C=O) groups is 2. The van der Waals surface area contributed by atoms with Crippen LogP contribution in [0.4, 0.5) is 13.2 Å². The monoisotopic (exact) mass is 494 g/mol. The summed E-state index contributed by atoms with van der Waals surface area (Å²) < 4.78 is 39.6. The molecule has 2 saturated heterocycles. The molecule has 2 aliphatic rings. The van der Waals surface area contributed by atoms with Gasteiger partial charge in [0, 0.05) is 55.4 Å². The molecule has 3 aromatic rings. The Morgan fingerprint density at radius 1 is 1.06 bits per heavy atom. The van der Waals surface area contributed by atoms with Gasteiger partial charge in [-0.15, -0.1) is 22.7 Å². The third-order valence-corrected chi connectivity index (χ3v) is 8.21. The summed E-state index contributed by atoms with van der Waals surface area (Å²) in [6.45, 7) is 5.68. The number of aromatic nitrogens is 1. The van der Waals surface area contributed by atoms with Crippen LogP contribution in [0.1, 0.15) is 31.3 Å². The number of alkyl halides is 3. The lowest BCUT2D eigenvalue weighted by Gasteiger charge is -2.48. The molecule has 5 rings (SSSR count). The van der Waals surface area contributed by atoms with Gasteiger partial charge >= 0.3 is 6.18 Å². The first-order chi connectivity index (χ1) is 15.7. The van der Waals surface area contributed by atoms with Crippen LogP contribution in [0.2, 0.25) is 0 Å². The van der Waals surface area contributed by atoms with E-state index >= 15 is 0 Å². The molecule has 2 amide bonds. The normalized spacial score (nSPS) is 18.1. The van der Waals surface area contributed by atoms with Crippen molar-refractivity contribution >= 4 is 44.6 Å². The van der Waals surface area contributed by atoms with Crippen molar-refractivity contribution in [2.75, 3.05) is 39.3 Å². The Morgan fingerprint density at radius 3 is 2.42 bits per heavy atom. The second kappa shape index (κ2) is 8.37. The number of aryl methyl sites for hydroxylation is 1. The molecule has 33 heavy (non-hydrogen) atoms. The molecule has 4 heterocycles. The van der Waals surface area contributed by atoms with E-state index in [1.54, 1.807) is 22.7 Å². The maximum Gasteiger partial charge on any atom is 0.416 e. The van der Waals surface area contributed by atoms with E-state index in [0.29, 0.717) is 46.8 Å². The molecule has 6 nitrogen and oxygen atoms in total. The Balaban J connectivity index is 1.19. The summed E-state index contributed by atoms with van der Waals surface area (Å²) in [6.07, 6.45) is -4.41. The number of benzene rings is 1. The van der Waals surface area contributed by atoms with Gasteiger partial charge in [-0.2, -0.15) is 13.2 Å². The van der Waals surface area contributed by atoms with Crippen molar-refractivity contribution < 1.29 is 22.8 Å². The molecule has 0 spiro atoms. The van der Waals surface area contributed by atoms with Gasteiger partial charge < -0.3 is 9.80 Å². The predicted octanol–water partition coefficient (Wildman–Crippen LogP) is 3.97. The van der Waals surface area contributed by atoms with Crippen molar-refractivity contribution in [2.45, 2.75) is 19.1 Å². The number of amides is 2. The molecule has 1 aromatic carbocycles. The molecule has 0 atom stereocenters. The Bertz CT molecular complexity index is 1190. The first kappa shape index (κ1) is 22.3. The minimum absolute atomic E-state index is 0.0461. The molecule has 2 fully saturated rings. The number of thiazole rings is 1. The van der Waals surface area contributed by atoms with Crippen LogP contribution < -0.4 is 0 Å². The summed E-state index contributed by atoms with van der Waals surface area (Å²) in [5.41, 5.74) is 2.16. The van der Waals surface area contributed by atoms with Crippen LogP contribution in [0.3, 0.4) is 0 Å². The van der Waals surface area contributed by atoms with Crippen LogP contribution in [0.5, 0.6) is 0 Å². The van der Waals surface area contributed by atoms with Crippen molar-refractivity contribution in [1.29, 1.82) is 0 Å². The Morgan fingerprint density at radius 2 is 1.79 bits per heavy atom. The van der Waals surface area contributed by atoms with Crippen LogP contribution >= 0.6 is 22.7 Å². The van der Waals surface area contributed by atoms with Crippen LogP contribution in [0.25, 0.3) is 10.1 Å². The summed E-state index contributed by atoms with van der Waals surface area (Å²) in [7, 11) is 0. The van der Waals surface area contributed by atoms with Gasteiger partial charge in [0.25, 0.3) is 11.8 Å². The van der Waals surface area contributed by atoms with E-state index in [2.05, 4.69) is 9.88 Å². The number of nitrogens with zero attached hydrogens (tertiary/aromatic N) is 4. The van der Waals surface area contributed by atoms with Crippen molar-refractivity contribution in [3.05, 3.63) is 50.8 Å². The molecule has 0 aliphatic carbocycles. The molecular formula is C22H21F3N4O2S2. The molecule has 2 aromatic heterocycles. The van der Waals surface area contributed by atoms with Gasteiger partial charge in [0.15, 0.2) is 0 Å². The maximum absolute atomic E-state index is 13.0. The third-order valence-electron chi connectivity index (χ3n) is 6.38. The van der Waals surface area contributed by atoms with E-state index in [4.69, 9.17) is 0 Å². The van der Waals surface area contributed by atoms with Crippen LogP contribution in [-0.2, 0) is 6.18 Å². The quantitative estimate of drug-likeness (QED) is 0.553. The number of hydrogen-bond acceptors (Lipinski definition) is 6.